The van der Waals surface area contributed by atoms with Crippen LogP contribution in [0.2, 0.25) is 0 Å². The zero-order valence-corrected chi connectivity index (χ0v) is 10.9. The maximum atomic E-state index is 10.8. The van der Waals surface area contributed by atoms with Crippen LogP contribution in [0.25, 0.3) is 0 Å². The summed E-state index contributed by atoms with van der Waals surface area (Å²) in [4.78, 5) is 15.1. The van der Waals surface area contributed by atoms with Crippen molar-refractivity contribution in [1.82, 2.24) is 10.3 Å². The lowest BCUT2D eigenvalue weighted by Crippen LogP contribution is -2.19. The number of hydrogen-bond acceptors (Lipinski definition) is 4. The lowest BCUT2D eigenvalue weighted by atomic mass is 10.2. The highest BCUT2D eigenvalue weighted by atomic mass is 16.4. The van der Waals surface area contributed by atoms with Crippen molar-refractivity contribution in [3.63, 3.8) is 0 Å². The number of aryl methyl sites for hydroxylation is 1. The normalized spacial score (nSPS) is 12.3. The number of pyridine rings is 1. The molecule has 0 spiro atoms. The number of rotatable bonds is 5. The average molecular weight is 260 g/mol. The number of carboxylic acid groups (broad SMARTS) is 1. The van der Waals surface area contributed by atoms with Crippen LogP contribution >= 0.6 is 0 Å². The van der Waals surface area contributed by atoms with Gasteiger partial charge >= 0.3 is 5.97 Å². The molecule has 0 saturated heterocycles. The van der Waals surface area contributed by atoms with Crippen molar-refractivity contribution in [1.29, 1.82) is 0 Å². The third-order valence-corrected chi connectivity index (χ3v) is 2.96. The molecule has 2 N–H and O–H groups in total. The van der Waals surface area contributed by atoms with E-state index >= 15 is 0 Å². The molecule has 5 heteroatoms. The Balaban J connectivity index is 2.01. The SMILES string of the molecule is Cc1oc(C(=O)O)cc1CNC(C)c1ccccn1. The minimum Gasteiger partial charge on any atom is -0.475 e. The van der Waals surface area contributed by atoms with E-state index in [0.29, 0.717) is 12.3 Å². The molecule has 0 fully saturated rings. The highest BCUT2D eigenvalue weighted by Crippen LogP contribution is 2.16. The van der Waals surface area contributed by atoms with Crippen molar-refractivity contribution < 1.29 is 14.3 Å². The van der Waals surface area contributed by atoms with Gasteiger partial charge in [0.2, 0.25) is 5.76 Å². The molecule has 2 aromatic rings. The van der Waals surface area contributed by atoms with Crippen LogP contribution in [0.3, 0.4) is 0 Å². The number of nitrogens with zero attached hydrogens (tertiary/aromatic N) is 1. The van der Waals surface area contributed by atoms with Crippen molar-refractivity contribution in [2.75, 3.05) is 0 Å². The van der Waals surface area contributed by atoms with Gasteiger partial charge in [-0.1, -0.05) is 6.07 Å². The van der Waals surface area contributed by atoms with E-state index in [1.807, 2.05) is 25.1 Å². The first-order chi connectivity index (χ1) is 9.08. The summed E-state index contributed by atoms with van der Waals surface area (Å²) in [5, 5.41) is 12.1. The lowest BCUT2D eigenvalue weighted by molar-refractivity contribution is 0.0661. The highest BCUT2D eigenvalue weighted by Gasteiger charge is 2.14. The molecular formula is C14H16N2O3. The zero-order chi connectivity index (χ0) is 13.8. The fourth-order valence-corrected chi connectivity index (χ4v) is 1.80. The molecule has 0 aromatic carbocycles. The molecular weight excluding hydrogens is 244 g/mol. The maximum Gasteiger partial charge on any atom is 0.371 e. The second-order valence-electron chi connectivity index (χ2n) is 4.35. The van der Waals surface area contributed by atoms with Crippen LogP contribution in [0.1, 0.15) is 40.5 Å². The van der Waals surface area contributed by atoms with Crippen LogP contribution in [-0.4, -0.2) is 16.1 Å². The zero-order valence-electron chi connectivity index (χ0n) is 10.9. The molecule has 100 valence electrons. The topological polar surface area (TPSA) is 75.4 Å². The smallest absolute Gasteiger partial charge is 0.371 e. The van der Waals surface area contributed by atoms with Crippen LogP contribution in [0.4, 0.5) is 0 Å². The van der Waals surface area contributed by atoms with E-state index in [1.165, 1.54) is 0 Å². The fourth-order valence-electron chi connectivity index (χ4n) is 1.80. The second kappa shape index (κ2) is 5.67. The summed E-state index contributed by atoms with van der Waals surface area (Å²) in [6.07, 6.45) is 1.75. The Morgan fingerprint density at radius 1 is 1.53 bits per heavy atom. The Labute approximate surface area is 111 Å². The standard InChI is InChI=1S/C14H16N2O3/c1-9(12-5-3-4-6-15-12)16-8-11-7-13(14(17)18)19-10(11)2/h3-7,9,16H,8H2,1-2H3,(H,17,18). The van der Waals surface area contributed by atoms with Gasteiger partial charge in [0.25, 0.3) is 0 Å². The molecule has 0 saturated carbocycles. The first-order valence-electron chi connectivity index (χ1n) is 6.05. The Morgan fingerprint density at radius 3 is 2.89 bits per heavy atom. The molecule has 0 radical (unpaired) electrons. The van der Waals surface area contributed by atoms with Gasteiger partial charge in [0.15, 0.2) is 0 Å². The number of carboxylic acids is 1. The van der Waals surface area contributed by atoms with Crippen LogP contribution in [0.5, 0.6) is 0 Å². The predicted molar refractivity (Wildman–Crippen MR) is 69.9 cm³/mol. The molecule has 2 heterocycles. The number of nitrogens with one attached hydrogen (secondary N) is 1. The van der Waals surface area contributed by atoms with Crippen molar-refractivity contribution in [2.45, 2.75) is 26.4 Å². The van der Waals surface area contributed by atoms with Gasteiger partial charge in [0.1, 0.15) is 5.76 Å². The number of carbonyl (C=O) groups is 1. The van der Waals surface area contributed by atoms with Gasteiger partial charge in [0, 0.05) is 24.3 Å². The van der Waals surface area contributed by atoms with Crippen molar-refractivity contribution in [2.24, 2.45) is 0 Å². The number of hydrogen-bond donors (Lipinski definition) is 2. The van der Waals surface area contributed by atoms with Gasteiger partial charge in [0.05, 0.1) is 5.69 Å². The van der Waals surface area contributed by atoms with Crippen LogP contribution in [0, 0.1) is 6.92 Å². The minimum atomic E-state index is -1.05. The minimum absolute atomic E-state index is 0.0280. The number of aromatic carboxylic acids is 1. The Kier molecular flexibility index (Phi) is 3.97. The summed E-state index contributed by atoms with van der Waals surface area (Å²) in [5.74, 6) is -0.454. The number of furan rings is 1. The average Bonchev–Trinajstić information content (AvgIpc) is 2.79. The summed E-state index contributed by atoms with van der Waals surface area (Å²) in [5.41, 5.74) is 1.79. The molecule has 0 bridgehead atoms. The monoisotopic (exact) mass is 260 g/mol. The van der Waals surface area contributed by atoms with Crippen LogP contribution in [-0.2, 0) is 6.54 Å². The summed E-state index contributed by atoms with van der Waals surface area (Å²) in [6.45, 7) is 4.31. The Bertz CT molecular complexity index is 563. The Hall–Kier alpha value is -2.14. The van der Waals surface area contributed by atoms with Gasteiger partial charge in [-0.2, -0.15) is 0 Å². The van der Waals surface area contributed by atoms with Crippen molar-refractivity contribution >= 4 is 5.97 Å². The van der Waals surface area contributed by atoms with Crippen LogP contribution < -0.4 is 5.32 Å². The van der Waals surface area contributed by atoms with E-state index in [2.05, 4.69) is 10.3 Å². The maximum absolute atomic E-state index is 10.8. The number of aromatic nitrogens is 1. The molecule has 1 unspecified atom stereocenters. The first-order valence-corrected chi connectivity index (χ1v) is 6.05. The van der Waals surface area contributed by atoms with E-state index < -0.39 is 5.97 Å². The third-order valence-electron chi connectivity index (χ3n) is 2.96. The predicted octanol–water partition coefficient (Wildman–Crippen LogP) is 2.53. The van der Waals surface area contributed by atoms with E-state index in [-0.39, 0.29) is 11.8 Å². The summed E-state index contributed by atoms with van der Waals surface area (Å²) in [7, 11) is 0. The molecule has 5 nitrogen and oxygen atoms in total. The first kappa shape index (κ1) is 13.3. The third kappa shape index (κ3) is 3.20. The fraction of sp³-hybridized carbons (Fsp3) is 0.286. The molecule has 0 aliphatic rings. The molecule has 0 amide bonds. The van der Waals surface area contributed by atoms with Gasteiger partial charge in [-0.05, 0) is 32.0 Å². The van der Waals surface area contributed by atoms with E-state index in [1.54, 1.807) is 19.2 Å². The molecule has 2 rings (SSSR count). The van der Waals surface area contributed by atoms with Gasteiger partial charge in [-0.15, -0.1) is 0 Å². The van der Waals surface area contributed by atoms with Gasteiger partial charge < -0.3 is 14.8 Å². The molecule has 19 heavy (non-hydrogen) atoms. The summed E-state index contributed by atoms with van der Waals surface area (Å²) >= 11 is 0. The summed E-state index contributed by atoms with van der Waals surface area (Å²) < 4.78 is 5.16. The second-order valence-corrected chi connectivity index (χ2v) is 4.35. The van der Waals surface area contributed by atoms with E-state index in [0.717, 1.165) is 11.3 Å². The van der Waals surface area contributed by atoms with Crippen molar-refractivity contribution in [3.8, 4) is 0 Å². The molecule has 0 aliphatic carbocycles. The van der Waals surface area contributed by atoms with Gasteiger partial charge in [-0.3, -0.25) is 4.98 Å². The Morgan fingerprint density at radius 2 is 2.32 bits per heavy atom. The molecule has 1 atom stereocenters. The van der Waals surface area contributed by atoms with E-state index in [4.69, 9.17) is 9.52 Å². The quantitative estimate of drug-likeness (QED) is 0.864. The largest absolute Gasteiger partial charge is 0.475 e. The highest BCUT2D eigenvalue weighted by molar-refractivity contribution is 5.84. The molecule has 2 aromatic heterocycles. The lowest BCUT2D eigenvalue weighted by Gasteiger charge is -2.12. The van der Waals surface area contributed by atoms with E-state index in [9.17, 15) is 4.79 Å². The summed E-state index contributed by atoms with van der Waals surface area (Å²) in [6, 6.07) is 7.39. The van der Waals surface area contributed by atoms with Gasteiger partial charge in [-0.25, -0.2) is 4.79 Å². The van der Waals surface area contributed by atoms with Crippen molar-refractivity contribution in [3.05, 3.63) is 53.2 Å². The van der Waals surface area contributed by atoms with Crippen LogP contribution in [0.15, 0.2) is 34.9 Å². The molecule has 0 aliphatic heterocycles.